The fourth-order valence-corrected chi connectivity index (χ4v) is 32.4. The number of halogens is 2. The van der Waals surface area contributed by atoms with Gasteiger partial charge in [0.2, 0.25) is 0 Å². The standard InChI is InChI=1S/2C16H13.2C2H5.2ClH.H2Si.Zr/c2*1-12-10-14-8-5-9-15(16(14)11-12)13-6-3-2-4-7-13;2*1-2;;;;/h2*2-11H,1H3;2*1H2,2H3;2*1H;1H2;. The summed E-state index contributed by atoms with van der Waals surface area (Å²) in [6.45, 7) is 12.4. The molecule has 0 aliphatic heterocycles. The first-order chi connectivity index (χ1) is 18.4. The van der Waals surface area contributed by atoms with Crippen LogP contribution in [0, 0.1) is 0 Å². The van der Waals surface area contributed by atoms with Crippen molar-refractivity contribution >= 4 is 43.8 Å². The summed E-state index contributed by atoms with van der Waals surface area (Å²) in [6.07, 6.45) is 5.09. The van der Waals surface area contributed by atoms with Crippen molar-refractivity contribution < 1.29 is 17.4 Å². The first kappa shape index (κ1) is 31.0. The predicted octanol–water partition coefficient (Wildman–Crippen LogP) is 10.6. The smallest absolute Gasteiger partial charge is 0.147 e. The van der Waals surface area contributed by atoms with Crippen LogP contribution in [-0.4, -0.2) is 6.88 Å². The second-order valence-corrected chi connectivity index (χ2v) is 39.4. The molecule has 206 valence electrons. The van der Waals surface area contributed by atoms with E-state index in [-0.39, 0.29) is 24.8 Å². The quantitative estimate of drug-likeness (QED) is 0.180. The summed E-state index contributed by atoms with van der Waals surface area (Å²) in [5.74, 6) is 0. The summed E-state index contributed by atoms with van der Waals surface area (Å²) in [7, 11) is 0. The molecular weight excluding hydrogens is 623 g/mol. The maximum absolute atomic E-state index is 3.60. The van der Waals surface area contributed by atoms with Crippen LogP contribution in [-0.2, 0) is 17.4 Å². The Labute approximate surface area is 255 Å². The third kappa shape index (κ3) is 4.60. The molecule has 0 bridgehead atoms. The summed E-state index contributed by atoms with van der Waals surface area (Å²) in [6, 6.07) is 36.1. The van der Waals surface area contributed by atoms with Gasteiger partial charge in [0.25, 0.3) is 0 Å². The third-order valence-electron chi connectivity index (χ3n) is 10.1. The zero-order valence-corrected chi connectivity index (χ0v) is 29.5. The van der Waals surface area contributed by atoms with Crippen LogP contribution in [0.1, 0.15) is 57.2 Å². The van der Waals surface area contributed by atoms with Gasteiger partial charge in [-0.1, -0.05) is 0 Å². The van der Waals surface area contributed by atoms with E-state index < -0.39 is 17.4 Å². The summed E-state index contributed by atoms with van der Waals surface area (Å²) in [5.41, 5.74) is 14.7. The molecule has 4 aromatic rings. The van der Waals surface area contributed by atoms with Gasteiger partial charge in [0, 0.05) is 0 Å². The molecule has 0 spiro atoms. The minimum atomic E-state index is -3.60. The molecule has 0 saturated heterocycles. The monoisotopic (exact) mass is 660 g/mol. The van der Waals surface area contributed by atoms with Crippen LogP contribution in [0.2, 0.25) is 8.26 Å². The van der Waals surface area contributed by atoms with Crippen LogP contribution in [0.15, 0.2) is 108 Å². The van der Waals surface area contributed by atoms with Crippen molar-refractivity contribution in [2.75, 3.05) is 0 Å². The minimum absolute atomic E-state index is 0. The fourth-order valence-electron chi connectivity index (χ4n) is 8.14. The topological polar surface area (TPSA) is 0 Å². The third-order valence-corrected chi connectivity index (χ3v) is 41.2. The first-order valence-electron chi connectivity index (χ1n) is 14.2. The van der Waals surface area contributed by atoms with E-state index in [0.29, 0.717) is 7.25 Å². The number of allylic oxidation sites excluding steroid dienone is 2. The molecule has 2 aliphatic rings. The van der Waals surface area contributed by atoms with E-state index in [1.54, 1.807) is 22.3 Å². The predicted molar refractivity (Wildman–Crippen MR) is 181 cm³/mol. The van der Waals surface area contributed by atoms with E-state index in [2.05, 4.69) is 144 Å². The van der Waals surface area contributed by atoms with Crippen LogP contribution in [0.25, 0.3) is 34.4 Å². The van der Waals surface area contributed by atoms with Gasteiger partial charge in [-0.05, 0) is 0 Å². The van der Waals surface area contributed by atoms with Gasteiger partial charge >= 0.3 is 232 Å². The fraction of sp³-hybridized carbons (Fsp3) is 0.222. The summed E-state index contributed by atoms with van der Waals surface area (Å²) in [4.78, 5) is 0. The molecule has 2 aliphatic carbocycles. The van der Waals surface area contributed by atoms with E-state index in [0.717, 1.165) is 0 Å². The van der Waals surface area contributed by atoms with Crippen molar-refractivity contribution in [1.82, 2.24) is 0 Å². The molecule has 40 heavy (non-hydrogen) atoms. The van der Waals surface area contributed by atoms with E-state index >= 15 is 0 Å². The van der Waals surface area contributed by atoms with Crippen LogP contribution in [0.4, 0.5) is 0 Å². The molecular formula is C36H40Cl2SiZr. The van der Waals surface area contributed by atoms with Gasteiger partial charge in [0.05, 0.1) is 0 Å². The van der Waals surface area contributed by atoms with Crippen molar-refractivity contribution in [2.24, 2.45) is 0 Å². The van der Waals surface area contributed by atoms with Gasteiger partial charge in [-0.25, -0.2) is 0 Å². The molecule has 0 N–H and O–H groups in total. The second kappa shape index (κ2) is 11.7. The molecule has 2 unspecified atom stereocenters. The Morgan fingerprint density at radius 3 is 1.27 bits per heavy atom. The van der Waals surface area contributed by atoms with Gasteiger partial charge in [0.1, 0.15) is 0 Å². The van der Waals surface area contributed by atoms with Gasteiger partial charge in [-0.3, -0.25) is 0 Å². The molecule has 0 nitrogen and oxygen atoms in total. The van der Waals surface area contributed by atoms with Gasteiger partial charge < -0.3 is 0 Å². The van der Waals surface area contributed by atoms with Crippen LogP contribution >= 0.6 is 24.8 Å². The second-order valence-electron chi connectivity index (χ2n) is 11.8. The van der Waals surface area contributed by atoms with Crippen molar-refractivity contribution in [2.45, 2.75) is 43.2 Å². The van der Waals surface area contributed by atoms with Gasteiger partial charge in [0.15, 0.2) is 0 Å². The van der Waals surface area contributed by atoms with Crippen LogP contribution in [0.3, 0.4) is 0 Å². The molecule has 4 heteroatoms. The maximum Gasteiger partial charge on any atom is -0.147 e. The van der Waals surface area contributed by atoms with E-state index in [4.69, 9.17) is 0 Å². The Bertz CT molecular complexity index is 1540. The summed E-state index contributed by atoms with van der Waals surface area (Å²) >= 11 is -3.60. The van der Waals surface area contributed by atoms with Gasteiger partial charge in [-0.2, -0.15) is 0 Å². The number of rotatable bonds is 6. The van der Waals surface area contributed by atoms with Crippen molar-refractivity contribution in [3.8, 4) is 22.3 Å². The number of hydrogen-bond donors (Lipinski definition) is 0. The Hall–Kier alpha value is -1.96. The van der Waals surface area contributed by atoms with Crippen molar-refractivity contribution in [1.29, 1.82) is 0 Å². The average Bonchev–Trinajstić information content (AvgIpc) is 3.50. The largest absolute Gasteiger partial charge is 0.147 e. The Morgan fingerprint density at radius 2 is 0.925 bits per heavy atom. The zero-order chi connectivity index (χ0) is 26.5. The Balaban J connectivity index is 0.00000185. The van der Waals surface area contributed by atoms with E-state index in [9.17, 15) is 0 Å². The van der Waals surface area contributed by atoms with Crippen LogP contribution < -0.4 is 0 Å². The summed E-state index contributed by atoms with van der Waals surface area (Å²) < 4.78 is 3.80. The maximum atomic E-state index is 2.55. The number of fused-ring (bicyclic) bond motifs is 2. The average molecular weight is 663 g/mol. The van der Waals surface area contributed by atoms with Crippen molar-refractivity contribution in [3.05, 3.63) is 130 Å². The van der Waals surface area contributed by atoms with E-state index in [1.807, 2.05) is 0 Å². The normalized spacial score (nSPS) is 17.6. The van der Waals surface area contributed by atoms with Crippen LogP contribution in [0.5, 0.6) is 0 Å². The molecule has 4 aromatic carbocycles. The molecule has 0 fully saturated rings. The molecule has 6 rings (SSSR count). The molecule has 0 heterocycles. The molecule has 0 saturated carbocycles. The number of benzene rings is 4. The Kier molecular flexibility index (Phi) is 9.09. The SMILES string of the molecule is C[CH2][Zr](=[SiH2])([CH2]C)([CH]1C(C)=Cc2c(-c3ccccc3)cccc21)[CH]1C(C)=Cc2c(-c3ccccc3)cccc21.Cl.Cl. The van der Waals surface area contributed by atoms with Crippen molar-refractivity contribution in [3.63, 3.8) is 0 Å². The summed E-state index contributed by atoms with van der Waals surface area (Å²) in [5, 5.41) is 0. The molecule has 2 atom stereocenters. The van der Waals surface area contributed by atoms with E-state index in [1.165, 1.54) is 41.6 Å². The Morgan fingerprint density at radius 1 is 0.550 bits per heavy atom. The molecule has 0 aromatic heterocycles. The first-order valence-corrected chi connectivity index (χ1v) is 26.4. The molecule has 0 amide bonds. The molecule has 0 radical (unpaired) electrons. The number of hydrogen-bond acceptors (Lipinski definition) is 0. The van der Waals surface area contributed by atoms with Gasteiger partial charge in [-0.15, -0.1) is 24.8 Å². The zero-order valence-electron chi connectivity index (χ0n) is 24.0. The minimum Gasteiger partial charge on any atom is -0.147 e.